The molecule has 0 bridgehead atoms. The molecule has 2 unspecified atom stereocenters. The lowest BCUT2D eigenvalue weighted by Crippen LogP contribution is -2.48. The molecule has 1 saturated heterocycles. The maximum absolute atomic E-state index is 11.5. The van der Waals surface area contributed by atoms with Crippen molar-refractivity contribution in [2.45, 2.75) is 37.8 Å². The molecule has 0 aromatic heterocycles. The Hall–Kier alpha value is -1.14. The predicted molar refractivity (Wildman–Crippen MR) is 58.4 cm³/mol. The Labute approximate surface area is 94.7 Å². The van der Waals surface area contributed by atoms with Gasteiger partial charge in [0.05, 0.1) is 18.1 Å². The summed E-state index contributed by atoms with van der Waals surface area (Å²) in [5.74, 6) is -0.943. The van der Waals surface area contributed by atoms with Crippen LogP contribution in [0.2, 0.25) is 0 Å². The van der Waals surface area contributed by atoms with Crippen LogP contribution in [0.15, 0.2) is 0 Å². The second-order valence-corrected chi connectivity index (χ2v) is 4.40. The summed E-state index contributed by atoms with van der Waals surface area (Å²) < 4.78 is 5.50. The monoisotopic (exact) mass is 229 g/mol. The van der Waals surface area contributed by atoms with Gasteiger partial charge in [0.2, 0.25) is 11.8 Å². The smallest absolute Gasteiger partial charge is 0.237 e. The summed E-state index contributed by atoms with van der Waals surface area (Å²) in [6.07, 6.45) is 1.78. The Balaban J connectivity index is 2.31. The lowest BCUT2D eigenvalue weighted by Gasteiger charge is -2.24. The standard InChI is InChI=1S/C10H19N3O3/c1-10(3-2-4-16-10)6-13-9(15)7(11)5-8(12)14/h7H,2-6,11H2,1H3,(H2,12,14)(H,13,15). The van der Waals surface area contributed by atoms with Gasteiger partial charge in [-0.2, -0.15) is 0 Å². The molecule has 6 heteroatoms. The minimum absolute atomic E-state index is 0.136. The summed E-state index contributed by atoms with van der Waals surface area (Å²) in [5.41, 5.74) is 10.1. The van der Waals surface area contributed by atoms with E-state index in [0.717, 1.165) is 19.4 Å². The number of primary amides is 1. The van der Waals surface area contributed by atoms with E-state index in [1.54, 1.807) is 0 Å². The fourth-order valence-electron chi connectivity index (χ4n) is 1.69. The van der Waals surface area contributed by atoms with Gasteiger partial charge >= 0.3 is 0 Å². The Bertz CT molecular complexity index is 274. The van der Waals surface area contributed by atoms with Gasteiger partial charge in [0.15, 0.2) is 0 Å². The highest BCUT2D eigenvalue weighted by Gasteiger charge is 2.30. The van der Waals surface area contributed by atoms with Crippen LogP contribution in [0.25, 0.3) is 0 Å². The number of hydrogen-bond donors (Lipinski definition) is 3. The number of hydrogen-bond acceptors (Lipinski definition) is 4. The zero-order chi connectivity index (χ0) is 12.2. The van der Waals surface area contributed by atoms with Crippen LogP contribution < -0.4 is 16.8 Å². The molecule has 0 aliphatic carbocycles. The van der Waals surface area contributed by atoms with Gasteiger partial charge in [-0.15, -0.1) is 0 Å². The van der Waals surface area contributed by atoms with E-state index < -0.39 is 11.9 Å². The first-order valence-corrected chi connectivity index (χ1v) is 5.38. The fraction of sp³-hybridized carbons (Fsp3) is 0.800. The lowest BCUT2D eigenvalue weighted by atomic mass is 10.0. The van der Waals surface area contributed by atoms with E-state index in [4.69, 9.17) is 16.2 Å². The van der Waals surface area contributed by atoms with Crippen LogP contribution in [0.5, 0.6) is 0 Å². The highest BCUT2D eigenvalue weighted by Crippen LogP contribution is 2.23. The van der Waals surface area contributed by atoms with Gasteiger partial charge in [-0.25, -0.2) is 0 Å². The molecule has 1 heterocycles. The number of ether oxygens (including phenoxy) is 1. The third-order valence-electron chi connectivity index (χ3n) is 2.69. The Kier molecular flexibility index (Phi) is 4.26. The van der Waals surface area contributed by atoms with Crippen LogP contribution in [-0.4, -0.2) is 36.6 Å². The van der Waals surface area contributed by atoms with Crippen LogP contribution >= 0.6 is 0 Å². The number of nitrogens with two attached hydrogens (primary N) is 2. The number of nitrogens with one attached hydrogen (secondary N) is 1. The van der Waals surface area contributed by atoms with E-state index >= 15 is 0 Å². The fourth-order valence-corrected chi connectivity index (χ4v) is 1.69. The largest absolute Gasteiger partial charge is 0.373 e. The van der Waals surface area contributed by atoms with Crippen LogP contribution in [0.1, 0.15) is 26.2 Å². The van der Waals surface area contributed by atoms with Crippen molar-refractivity contribution in [1.29, 1.82) is 0 Å². The Morgan fingerprint density at radius 1 is 1.56 bits per heavy atom. The molecule has 5 N–H and O–H groups in total. The van der Waals surface area contributed by atoms with Crippen molar-refractivity contribution >= 4 is 11.8 Å². The molecule has 92 valence electrons. The summed E-state index contributed by atoms with van der Waals surface area (Å²) in [7, 11) is 0. The molecule has 0 spiro atoms. The molecule has 6 nitrogen and oxygen atoms in total. The van der Waals surface area contributed by atoms with E-state index in [2.05, 4.69) is 5.32 Å². The lowest BCUT2D eigenvalue weighted by molar-refractivity contribution is -0.127. The molecule has 2 amide bonds. The van der Waals surface area contributed by atoms with E-state index in [-0.39, 0.29) is 17.9 Å². The summed E-state index contributed by atoms with van der Waals surface area (Å²) in [6.45, 7) is 3.08. The third-order valence-corrected chi connectivity index (χ3v) is 2.69. The van der Waals surface area contributed by atoms with Crippen molar-refractivity contribution in [3.05, 3.63) is 0 Å². The summed E-state index contributed by atoms with van der Waals surface area (Å²) in [4.78, 5) is 22.1. The van der Waals surface area contributed by atoms with Gasteiger partial charge in [-0.1, -0.05) is 0 Å². The molecule has 1 fully saturated rings. The van der Waals surface area contributed by atoms with Crippen molar-refractivity contribution in [3.8, 4) is 0 Å². The first-order valence-electron chi connectivity index (χ1n) is 5.38. The first-order chi connectivity index (χ1) is 7.43. The molecule has 1 aliphatic heterocycles. The first kappa shape index (κ1) is 12.9. The molecular weight excluding hydrogens is 210 g/mol. The molecule has 1 aliphatic rings. The predicted octanol–water partition coefficient (Wildman–Crippen LogP) is -1.13. The van der Waals surface area contributed by atoms with Gasteiger partial charge in [0.1, 0.15) is 0 Å². The highest BCUT2D eigenvalue weighted by molar-refractivity contribution is 5.87. The average Bonchev–Trinajstić information content (AvgIpc) is 2.61. The van der Waals surface area contributed by atoms with Crippen LogP contribution in [0.4, 0.5) is 0 Å². The second-order valence-electron chi connectivity index (χ2n) is 4.40. The van der Waals surface area contributed by atoms with E-state index in [1.165, 1.54) is 0 Å². The molecule has 0 aromatic rings. The molecule has 2 atom stereocenters. The Morgan fingerprint density at radius 3 is 2.75 bits per heavy atom. The van der Waals surface area contributed by atoms with Crippen molar-refractivity contribution in [1.82, 2.24) is 5.32 Å². The van der Waals surface area contributed by atoms with E-state index in [9.17, 15) is 9.59 Å². The van der Waals surface area contributed by atoms with E-state index in [1.807, 2.05) is 6.92 Å². The molecule has 0 radical (unpaired) electrons. The number of carbonyl (C=O) groups excluding carboxylic acids is 2. The van der Waals surface area contributed by atoms with Gasteiger partial charge in [-0.05, 0) is 19.8 Å². The average molecular weight is 229 g/mol. The van der Waals surface area contributed by atoms with Gasteiger partial charge in [0.25, 0.3) is 0 Å². The minimum atomic E-state index is -0.873. The van der Waals surface area contributed by atoms with Crippen molar-refractivity contribution in [2.75, 3.05) is 13.2 Å². The van der Waals surface area contributed by atoms with Crippen LogP contribution in [0.3, 0.4) is 0 Å². The molecule has 0 aromatic carbocycles. The number of rotatable bonds is 5. The normalized spacial score (nSPS) is 26.4. The molecule has 16 heavy (non-hydrogen) atoms. The second kappa shape index (κ2) is 5.27. The van der Waals surface area contributed by atoms with Crippen LogP contribution in [-0.2, 0) is 14.3 Å². The Morgan fingerprint density at radius 2 is 2.25 bits per heavy atom. The zero-order valence-corrected chi connectivity index (χ0v) is 9.49. The molecular formula is C10H19N3O3. The zero-order valence-electron chi connectivity index (χ0n) is 9.49. The topological polar surface area (TPSA) is 107 Å². The summed E-state index contributed by atoms with van der Waals surface area (Å²) in [5, 5.41) is 2.67. The van der Waals surface area contributed by atoms with Crippen molar-refractivity contribution < 1.29 is 14.3 Å². The summed E-state index contributed by atoms with van der Waals surface area (Å²) >= 11 is 0. The summed E-state index contributed by atoms with van der Waals surface area (Å²) in [6, 6.07) is -0.873. The minimum Gasteiger partial charge on any atom is -0.373 e. The van der Waals surface area contributed by atoms with Gasteiger partial charge in [-0.3, -0.25) is 9.59 Å². The number of amides is 2. The maximum Gasteiger partial charge on any atom is 0.237 e. The van der Waals surface area contributed by atoms with Crippen LogP contribution in [0, 0.1) is 0 Å². The SMILES string of the molecule is CC1(CNC(=O)C(N)CC(N)=O)CCCO1. The van der Waals surface area contributed by atoms with Crippen molar-refractivity contribution in [2.24, 2.45) is 11.5 Å². The van der Waals surface area contributed by atoms with Crippen molar-refractivity contribution in [3.63, 3.8) is 0 Å². The molecule has 1 rings (SSSR count). The molecule has 0 saturated carbocycles. The van der Waals surface area contributed by atoms with E-state index in [0.29, 0.717) is 6.54 Å². The number of carbonyl (C=O) groups is 2. The maximum atomic E-state index is 11.5. The van der Waals surface area contributed by atoms with Gasteiger partial charge in [0, 0.05) is 13.2 Å². The third kappa shape index (κ3) is 3.79. The highest BCUT2D eigenvalue weighted by atomic mass is 16.5. The quantitative estimate of drug-likeness (QED) is 0.554. The van der Waals surface area contributed by atoms with Gasteiger partial charge < -0.3 is 21.5 Å².